The number of rotatable bonds is 2. The van der Waals surface area contributed by atoms with Gasteiger partial charge in [0.15, 0.2) is 0 Å². The first-order valence-corrected chi connectivity index (χ1v) is 7.51. The maximum absolute atomic E-state index is 13.0. The van der Waals surface area contributed by atoms with Crippen LogP contribution < -0.4 is 10.2 Å². The van der Waals surface area contributed by atoms with Crippen molar-refractivity contribution in [1.29, 1.82) is 0 Å². The lowest BCUT2D eigenvalue weighted by Gasteiger charge is -2.37. The van der Waals surface area contributed by atoms with Crippen molar-refractivity contribution in [2.24, 2.45) is 5.92 Å². The van der Waals surface area contributed by atoms with Crippen molar-refractivity contribution in [3.8, 4) is 0 Å². The molecular formula is C16H19FN2O2. The fourth-order valence-corrected chi connectivity index (χ4v) is 3.30. The van der Waals surface area contributed by atoms with E-state index in [0.717, 1.165) is 25.7 Å². The molecular weight excluding hydrogens is 271 g/mol. The molecule has 1 aromatic rings. The third-order valence-electron chi connectivity index (χ3n) is 4.41. The van der Waals surface area contributed by atoms with Crippen LogP contribution in [-0.2, 0) is 9.59 Å². The number of carbonyl (C=O) groups is 2. The Kier molecular flexibility index (Phi) is 3.90. The van der Waals surface area contributed by atoms with E-state index < -0.39 is 6.04 Å². The summed E-state index contributed by atoms with van der Waals surface area (Å²) < 4.78 is 13.0. The zero-order chi connectivity index (χ0) is 14.8. The molecule has 1 saturated heterocycles. The van der Waals surface area contributed by atoms with Crippen LogP contribution in [0.1, 0.15) is 32.1 Å². The lowest BCUT2D eigenvalue weighted by atomic mass is 9.82. The van der Waals surface area contributed by atoms with Crippen LogP contribution in [0.15, 0.2) is 24.3 Å². The molecule has 2 fully saturated rings. The average molecular weight is 290 g/mol. The summed E-state index contributed by atoms with van der Waals surface area (Å²) in [5.74, 6) is -0.349. The molecule has 21 heavy (non-hydrogen) atoms. The van der Waals surface area contributed by atoms with Crippen LogP contribution in [0.5, 0.6) is 0 Å². The van der Waals surface area contributed by atoms with Crippen LogP contribution in [-0.4, -0.2) is 24.4 Å². The van der Waals surface area contributed by atoms with Crippen LogP contribution in [0.3, 0.4) is 0 Å². The summed E-state index contributed by atoms with van der Waals surface area (Å²) in [5, 5.41) is 2.84. The molecule has 4 nitrogen and oxygen atoms in total. The highest BCUT2D eigenvalue weighted by molar-refractivity contribution is 6.06. The number of halogens is 1. The second kappa shape index (κ2) is 5.84. The first-order chi connectivity index (χ1) is 10.1. The SMILES string of the molecule is O=C1CN(c2ccc(F)cc2)C(=O)C(C2CCCCC2)N1. The molecule has 1 unspecified atom stereocenters. The number of nitrogens with one attached hydrogen (secondary N) is 1. The van der Waals surface area contributed by atoms with Gasteiger partial charge in [-0.1, -0.05) is 19.3 Å². The summed E-state index contributed by atoms with van der Waals surface area (Å²) in [4.78, 5) is 26.1. The molecule has 112 valence electrons. The standard InChI is InChI=1S/C16H19FN2O2/c17-12-6-8-13(9-7-12)19-10-14(20)18-15(16(19)21)11-4-2-1-3-5-11/h6-9,11,15H,1-5,10H2,(H,18,20). The summed E-state index contributed by atoms with van der Waals surface area (Å²) >= 11 is 0. The predicted octanol–water partition coefficient (Wildman–Crippen LogP) is 2.24. The Morgan fingerprint density at radius 3 is 2.38 bits per heavy atom. The van der Waals surface area contributed by atoms with Crippen LogP contribution in [0.4, 0.5) is 10.1 Å². The van der Waals surface area contributed by atoms with E-state index >= 15 is 0 Å². The highest BCUT2D eigenvalue weighted by Crippen LogP contribution is 2.29. The van der Waals surface area contributed by atoms with E-state index in [2.05, 4.69) is 5.32 Å². The molecule has 2 amide bonds. The molecule has 1 atom stereocenters. The fourth-order valence-electron chi connectivity index (χ4n) is 3.30. The van der Waals surface area contributed by atoms with Crippen molar-refractivity contribution in [1.82, 2.24) is 5.32 Å². The Bertz CT molecular complexity index is 538. The lowest BCUT2D eigenvalue weighted by molar-refractivity contribution is -0.132. The maximum Gasteiger partial charge on any atom is 0.250 e. The largest absolute Gasteiger partial charge is 0.342 e. The van der Waals surface area contributed by atoms with Gasteiger partial charge in [0.2, 0.25) is 11.8 Å². The number of piperazine rings is 1. The van der Waals surface area contributed by atoms with Crippen molar-refractivity contribution >= 4 is 17.5 Å². The maximum atomic E-state index is 13.0. The minimum atomic E-state index is -0.434. The summed E-state index contributed by atoms with van der Waals surface area (Å²) in [6, 6.07) is 5.28. The van der Waals surface area contributed by atoms with Gasteiger partial charge in [0.25, 0.3) is 0 Å². The van der Waals surface area contributed by atoms with Crippen LogP contribution in [0.2, 0.25) is 0 Å². The Hall–Kier alpha value is -1.91. The molecule has 1 aromatic carbocycles. The molecule has 0 radical (unpaired) electrons. The van der Waals surface area contributed by atoms with Gasteiger partial charge in [0.05, 0.1) is 0 Å². The molecule has 1 N–H and O–H groups in total. The second-order valence-electron chi connectivity index (χ2n) is 5.84. The number of amides is 2. The third-order valence-corrected chi connectivity index (χ3v) is 4.41. The summed E-state index contributed by atoms with van der Waals surface area (Å²) in [6.07, 6.45) is 5.39. The van der Waals surface area contributed by atoms with E-state index in [-0.39, 0.29) is 30.1 Å². The van der Waals surface area contributed by atoms with Gasteiger partial charge in [0.1, 0.15) is 18.4 Å². The molecule has 0 bridgehead atoms. The highest BCUT2D eigenvalue weighted by atomic mass is 19.1. The van der Waals surface area contributed by atoms with Crippen molar-refractivity contribution in [3.63, 3.8) is 0 Å². The zero-order valence-corrected chi connectivity index (χ0v) is 11.8. The molecule has 1 aliphatic heterocycles. The molecule has 1 aliphatic carbocycles. The quantitative estimate of drug-likeness (QED) is 0.908. The number of hydrogen-bond acceptors (Lipinski definition) is 2. The Morgan fingerprint density at radius 1 is 1.05 bits per heavy atom. The van der Waals surface area contributed by atoms with Crippen LogP contribution in [0.25, 0.3) is 0 Å². The minimum Gasteiger partial charge on any atom is -0.342 e. The molecule has 0 spiro atoms. The van der Waals surface area contributed by atoms with Crippen LogP contribution >= 0.6 is 0 Å². The molecule has 1 heterocycles. The Morgan fingerprint density at radius 2 is 1.71 bits per heavy atom. The normalized spacial score (nSPS) is 24.0. The smallest absolute Gasteiger partial charge is 0.250 e. The first-order valence-electron chi connectivity index (χ1n) is 7.51. The lowest BCUT2D eigenvalue weighted by Crippen LogP contribution is -2.61. The summed E-state index contributed by atoms with van der Waals surface area (Å²) in [5.41, 5.74) is 0.581. The molecule has 0 aromatic heterocycles. The van der Waals surface area contributed by atoms with Crippen molar-refractivity contribution in [2.75, 3.05) is 11.4 Å². The van der Waals surface area contributed by atoms with Gasteiger partial charge in [0, 0.05) is 5.69 Å². The van der Waals surface area contributed by atoms with Gasteiger partial charge >= 0.3 is 0 Å². The van der Waals surface area contributed by atoms with Crippen molar-refractivity contribution in [2.45, 2.75) is 38.1 Å². The van der Waals surface area contributed by atoms with Gasteiger partial charge in [-0.15, -0.1) is 0 Å². The number of carbonyl (C=O) groups excluding carboxylic acids is 2. The summed E-state index contributed by atoms with van der Waals surface area (Å²) in [7, 11) is 0. The van der Waals surface area contributed by atoms with Crippen molar-refractivity contribution in [3.05, 3.63) is 30.1 Å². The van der Waals surface area contributed by atoms with Crippen LogP contribution in [0, 0.1) is 11.7 Å². The zero-order valence-electron chi connectivity index (χ0n) is 11.8. The Labute approximate surface area is 123 Å². The van der Waals surface area contributed by atoms with E-state index in [4.69, 9.17) is 0 Å². The molecule has 1 saturated carbocycles. The Balaban J connectivity index is 1.82. The highest BCUT2D eigenvalue weighted by Gasteiger charge is 2.38. The van der Waals surface area contributed by atoms with E-state index in [0.29, 0.717) is 5.69 Å². The third kappa shape index (κ3) is 2.91. The number of benzene rings is 1. The van der Waals surface area contributed by atoms with E-state index in [9.17, 15) is 14.0 Å². The van der Waals surface area contributed by atoms with Gasteiger partial charge in [-0.2, -0.15) is 0 Å². The van der Waals surface area contributed by atoms with E-state index in [1.807, 2.05) is 0 Å². The van der Waals surface area contributed by atoms with Gasteiger partial charge in [-0.05, 0) is 43.0 Å². The number of hydrogen-bond donors (Lipinski definition) is 1. The summed E-state index contributed by atoms with van der Waals surface area (Å²) in [6.45, 7) is 0.00762. The number of nitrogens with zero attached hydrogens (tertiary/aromatic N) is 1. The van der Waals surface area contributed by atoms with E-state index in [1.54, 1.807) is 12.1 Å². The van der Waals surface area contributed by atoms with Gasteiger partial charge in [-0.25, -0.2) is 4.39 Å². The molecule has 2 aliphatic rings. The fraction of sp³-hybridized carbons (Fsp3) is 0.500. The topological polar surface area (TPSA) is 49.4 Å². The minimum absolute atomic E-state index is 0.00762. The van der Waals surface area contributed by atoms with Gasteiger partial charge < -0.3 is 10.2 Å². The van der Waals surface area contributed by atoms with Gasteiger partial charge in [-0.3, -0.25) is 9.59 Å². The van der Waals surface area contributed by atoms with E-state index in [1.165, 1.54) is 23.5 Å². The molecule has 5 heteroatoms. The second-order valence-corrected chi connectivity index (χ2v) is 5.84. The predicted molar refractivity (Wildman–Crippen MR) is 77.3 cm³/mol. The number of anilines is 1. The van der Waals surface area contributed by atoms with Crippen molar-refractivity contribution < 1.29 is 14.0 Å². The average Bonchev–Trinajstić information content (AvgIpc) is 2.51. The molecule has 3 rings (SSSR count). The monoisotopic (exact) mass is 290 g/mol. The first kappa shape index (κ1) is 14.0.